The Morgan fingerprint density at radius 2 is 1.79 bits per heavy atom. The highest BCUT2D eigenvalue weighted by Crippen LogP contribution is 2.30. The monoisotopic (exact) mass is 415 g/mol. The highest BCUT2D eigenvalue weighted by atomic mass is 32.1. The van der Waals surface area contributed by atoms with E-state index in [2.05, 4.69) is 20.4 Å². The van der Waals surface area contributed by atoms with E-state index in [4.69, 9.17) is 0 Å². The number of hydrogen-bond donors (Lipinski definition) is 1. The number of alkyl halides is 3. The number of thiazole rings is 1. The van der Waals surface area contributed by atoms with Crippen LogP contribution >= 0.6 is 11.3 Å². The standard InChI is InChI=1S/C19H12F3N5OS/c20-19(21,22)12-4-6-13(7-5-12)27-16(8-10-24-27)17(28)26-18-25-15(11-29-18)14-3-1-2-9-23-14/h1-11H,(H,25,26,28). The lowest BCUT2D eigenvalue weighted by molar-refractivity contribution is -0.137. The van der Waals surface area contributed by atoms with Gasteiger partial charge in [0.1, 0.15) is 11.4 Å². The Balaban J connectivity index is 1.54. The Bertz CT molecular complexity index is 1140. The van der Waals surface area contributed by atoms with Crippen LogP contribution in [0.1, 0.15) is 16.1 Å². The van der Waals surface area contributed by atoms with Gasteiger partial charge >= 0.3 is 6.18 Å². The summed E-state index contributed by atoms with van der Waals surface area (Å²) in [4.78, 5) is 21.2. The van der Waals surface area contributed by atoms with Crippen LogP contribution < -0.4 is 5.32 Å². The van der Waals surface area contributed by atoms with Crippen molar-refractivity contribution < 1.29 is 18.0 Å². The second-order valence-electron chi connectivity index (χ2n) is 5.88. The van der Waals surface area contributed by atoms with Crippen molar-refractivity contribution in [2.75, 3.05) is 5.32 Å². The van der Waals surface area contributed by atoms with E-state index in [1.165, 1.54) is 40.4 Å². The average Bonchev–Trinajstić information content (AvgIpc) is 3.38. The molecule has 0 saturated carbocycles. The lowest BCUT2D eigenvalue weighted by Gasteiger charge is -2.10. The SMILES string of the molecule is O=C(Nc1nc(-c2ccccn2)cs1)c1ccnn1-c1ccc(C(F)(F)F)cc1. The Morgan fingerprint density at radius 1 is 1.00 bits per heavy atom. The maximum atomic E-state index is 12.7. The third-order valence-electron chi connectivity index (χ3n) is 3.97. The van der Waals surface area contributed by atoms with Crippen LogP contribution in [0.4, 0.5) is 18.3 Å². The van der Waals surface area contributed by atoms with Gasteiger partial charge in [-0.1, -0.05) is 6.07 Å². The van der Waals surface area contributed by atoms with Gasteiger partial charge in [0.2, 0.25) is 0 Å². The summed E-state index contributed by atoms with van der Waals surface area (Å²) >= 11 is 1.24. The third-order valence-corrected chi connectivity index (χ3v) is 4.72. The molecule has 1 N–H and O–H groups in total. The summed E-state index contributed by atoms with van der Waals surface area (Å²) < 4.78 is 39.5. The number of nitrogens with one attached hydrogen (secondary N) is 1. The van der Waals surface area contributed by atoms with Gasteiger partial charge in [0.25, 0.3) is 5.91 Å². The average molecular weight is 415 g/mol. The number of halogens is 3. The van der Waals surface area contributed by atoms with Crippen molar-refractivity contribution in [2.24, 2.45) is 0 Å². The zero-order chi connectivity index (χ0) is 20.4. The molecule has 3 aromatic heterocycles. The van der Waals surface area contributed by atoms with Crippen molar-refractivity contribution >= 4 is 22.4 Å². The van der Waals surface area contributed by atoms with Crippen LogP contribution in [0, 0.1) is 0 Å². The number of rotatable bonds is 4. The van der Waals surface area contributed by atoms with Gasteiger partial charge < -0.3 is 0 Å². The van der Waals surface area contributed by atoms with Crippen LogP contribution in [0.3, 0.4) is 0 Å². The van der Waals surface area contributed by atoms with E-state index in [9.17, 15) is 18.0 Å². The van der Waals surface area contributed by atoms with Crippen molar-refractivity contribution in [3.05, 3.63) is 77.6 Å². The maximum absolute atomic E-state index is 12.7. The predicted octanol–water partition coefficient (Wildman–Crippen LogP) is 4.66. The largest absolute Gasteiger partial charge is 0.416 e. The lowest BCUT2D eigenvalue weighted by Crippen LogP contribution is -2.17. The number of nitrogens with zero attached hydrogens (tertiary/aromatic N) is 4. The summed E-state index contributed by atoms with van der Waals surface area (Å²) in [6, 6.07) is 11.3. The minimum absolute atomic E-state index is 0.166. The third kappa shape index (κ3) is 4.02. The molecule has 0 bridgehead atoms. The van der Waals surface area contributed by atoms with Crippen molar-refractivity contribution in [1.82, 2.24) is 19.7 Å². The fraction of sp³-hybridized carbons (Fsp3) is 0.0526. The van der Waals surface area contributed by atoms with E-state index in [0.717, 1.165) is 12.1 Å². The smallest absolute Gasteiger partial charge is 0.296 e. The van der Waals surface area contributed by atoms with Gasteiger partial charge in [-0.25, -0.2) is 9.67 Å². The molecule has 146 valence electrons. The van der Waals surface area contributed by atoms with Crippen molar-refractivity contribution in [2.45, 2.75) is 6.18 Å². The van der Waals surface area contributed by atoms with Crippen LogP contribution in [-0.4, -0.2) is 25.7 Å². The zero-order valence-electron chi connectivity index (χ0n) is 14.6. The van der Waals surface area contributed by atoms with Crippen molar-refractivity contribution in [1.29, 1.82) is 0 Å². The van der Waals surface area contributed by atoms with Crippen LogP contribution in [0.2, 0.25) is 0 Å². The molecule has 0 unspecified atom stereocenters. The first-order valence-electron chi connectivity index (χ1n) is 8.32. The summed E-state index contributed by atoms with van der Waals surface area (Å²) in [6.45, 7) is 0. The van der Waals surface area contributed by atoms with Gasteiger partial charge in [0.05, 0.1) is 23.1 Å². The molecule has 10 heteroatoms. The number of anilines is 1. The van der Waals surface area contributed by atoms with E-state index < -0.39 is 17.6 Å². The Hall–Kier alpha value is -3.53. The maximum Gasteiger partial charge on any atom is 0.416 e. The summed E-state index contributed by atoms with van der Waals surface area (Å²) in [5.41, 5.74) is 1.03. The van der Waals surface area contributed by atoms with Gasteiger partial charge in [-0.05, 0) is 42.5 Å². The Kier molecular flexibility index (Phi) is 4.85. The fourth-order valence-corrected chi connectivity index (χ4v) is 3.30. The molecular formula is C19H12F3N5OS. The van der Waals surface area contributed by atoms with Gasteiger partial charge in [0.15, 0.2) is 5.13 Å². The summed E-state index contributed by atoms with van der Waals surface area (Å²) in [6.07, 6.45) is -1.39. The van der Waals surface area contributed by atoms with Crippen molar-refractivity contribution in [3.8, 4) is 17.1 Å². The highest BCUT2D eigenvalue weighted by molar-refractivity contribution is 7.14. The number of pyridine rings is 1. The molecule has 0 aliphatic carbocycles. The first kappa shape index (κ1) is 18.8. The van der Waals surface area contributed by atoms with Crippen LogP contribution in [0.25, 0.3) is 17.1 Å². The molecule has 4 rings (SSSR count). The number of carbonyl (C=O) groups excluding carboxylic acids is 1. The zero-order valence-corrected chi connectivity index (χ0v) is 15.4. The number of benzene rings is 1. The Labute approximate surface area is 166 Å². The normalized spacial score (nSPS) is 11.4. The van der Waals surface area contributed by atoms with Gasteiger partial charge in [-0.3, -0.25) is 15.1 Å². The van der Waals surface area contributed by atoms with Crippen LogP contribution in [0.5, 0.6) is 0 Å². The van der Waals surface area contributed by atoms with E-state index in [1.54, 1.807) is 23.7 Å². The van der Waals surface area contributed by atoms with Gasteiger partial charge in [-0.2, -0.15) is 18.3 Å². The molecule has 29 heavy (non-hydrogen) atoms. The van der Waals surface area contributed by atoms with Crippen LogP contribution in [0.15, 0.2) is 66.3 Å². The summed E-state index contributed by atoms with van der Waals surface area (Å²) in [5, 5.41) is 8.86. The molecule has 0 spiro atoms. The quantitative estimate of drug-likeness (QED) is 0.526. The topological polar surface area (TPSA) is 72.7 Å². The molecule has 4 aromatic rings. The minimum atomic E-state index is -4.43. The number of amides is 1. The molecule has 0 saturated heterocycles. The molecule has 6 nitrogen and oxygen atoms in total. The van der Waals surface area contributed by atoms with E-state index in [0.29, 0.717) is 22.2 Å². The molecule has 3 heterocycles. The second kappa shape index (κ2) is 7.47. The molecule has 0 atom stereocenters. The number of carbonyl (C=O) groups is 1. The molecule has 0 aliphatic rings. The van der Waals surface area contributed by atoms with Crippen LogP contribution in [-0.2, 0) is 6.18 Å². The molecule has 0 fully saturated rings. The summed E-state index contributed by atoms with van der Waals surface area (Å²) in [7, 11) is 0. The lowest BCUT2D eigenvalue weighted by atomic mass is 10.2. The fourth-order valence-electron chi connectivity index (χ4n) is 2.60. The number of aromatic nitrogens is 4. The van der Waals surface area contributed by atoms with Gasteiger partial charge in [-0.15, -0.1) is 11.3 Å². The van der Waals surface area contributed by atoms with Crippen molar-refractivity contribution in [3.63, 3.8) is 0 Å². The first-order valence-corrected chi connectivity index (χ1v) is 9.20. The predicted molar refractivity (Wildman–Crippen MR) is 102 cm³/mol. The molecule has 1 aromatic carbocycles. The second-order valence-corrected chi connectivity index (χ2v) is 6.74. The van der Waals surface area contributed by atoms with E-state index in [1.807, 2.05) is 6.07 Å². The highest BCUT2D eigenvalue weighted by Gasteiger charge is 2.30. The van der Waals surface area contributed by atoms with E-state index in [-0.39, 0.29) is 5.69 Å². The molecule has 0 radical (unpaired) electrons. The summed E-state index contributed by atoms with van der Waals surface area (Å²) in [5.74, 6) is -0.482. The minimum Gasteiger partial charge on any atom is -0.296 e. The molecule has 0 aliphatic heterocycles. The molecule has 1 amide bonds. The Morgan fingerprint density at radius 3 is 2.48 bits per heavy atom. The van der Waals surface area contributed by atoms with Gasteiger partial charge in [0, 0.05) is 11.6 Å². The first-order chi connectivity index (χ1) is 13.9. The molecular weight excluding hydrogens is 403 g/mol. The van der Waals surface area contributed by atoms with E-state index >= 15 is 0 Å². The number of hydrogen-bond acceptors (Lipinski definition) is 5.